The lowest BCUT2D eigenvalue weighted by atomic mass is 9.93. The highest BCUT2D eigenvalue weighted by atomic mass is 35.5. The van der Waals surface area contributed by atoms with Crippen molar-refractivity contribution in [1.82, 2.24) is 0 Å². The molecule has 0 aliphatic carbocycles. The van der Waals surface area contributed by atoms with Gasteiger partial charge >= 0.3 is 0 Å². The van der Waals surface area contributed by atoms with Gasteiger partial charge in [0.25, 0.3) is 0 Å². The Bertz CT molecular complexity index is 829. The Morgan fingerprint density at radius 3 is 2.28 bits per heavy atom. The number of carbonyl (C=O) groups excluding carboxylic acids is 2. The van der Waals surface area contributed by atoms with Crippen LogP contribution in [0, 0.1) is 11.3 Å². The van der Waals surface area contributed by atoms with E-state index in [1.807, 2.05) is 6.07 Å². The van der Waals surface area contributed by atoms with Crippen LogP contribution in [0.2, 0.25) is 15.1 Å². The number of ketones is 1. The van der Waals surface area contributed by atoms with Crippen LogP contribution in [0.25, 0.3) is 0 Å². The predicted molar refractivity (Wildman–Crippen MR) is 99.1 cm³/mol. The molecule has 2 aromatic rings. The van der Waals surface area contributed by atoms with Gasteiger partial charge in [0, 0.05) is 23.6 Å². The molecule has 25 heavy (non-hydrogen) atoms. The van der Waals surface area contributed by atoms with Crippen LogP contribution in [0.15, 0.2) is 42.5 Å². The van der Waals surface area contributed by atoms with Crippen LogP contribution in [0.1, 0.15) is 24.3 Å². The van der Waals surface area contributed by atoms with Gasteiger partial charge in [-0.2, -0.15) is 5.26 Å². The van der Waals surface area contributed by atoms with E-state index in [9.17, 15) is 14.9 Å². The maximum absolute atomic E-state index is 12.2. The Labute approximate surface area is 160 Å². The Balaban J connectivity index is 1.93. The number of nitrogens with one attached hydrogen (secondary N) is 1. The van der Waals surface area contributed by atoms with Gasteiger partial charge in [-0.1, -0.05) is 46.9 Å². The lowest BCUT2D eigenvalue weighted by Gasteiger charge is -2.09. The minimum absolute atomic E-state index is 0.0369. The number of nitriles is 1. The van der Waals surface area contributed by atoms with E-state index >= 15 is 0 Å². The van der Waals surface area contributed by atoms with Gasteiger partial charge in [-0.25, -0.2) is 0 Å². The first-order chi connectivity index (χ1) is 11.9. The topological polar surface area (TPSA) is 70.0 Å². The molecule has 1 N–H and O–H groups in total. The van der Waals surface area contributed by atoms with E-state index in [1.165, 1.54) is 6.07 Å². The summed E-state index contributed by atoms with van der Waals surface area (Å²) in [4.78, 5) is 24.2. The van der Waals surface area contributed by atoms with Gasteiger partial charge in [-0.05, 0) is 35.9 Å². The van der Waals surface area contributed by atoms with Crippen LogP contribution in [0.3, 0.4) is 0 Å². The predicted octanol–water partition coefficient (Wildman–Crippen LogP) is 5.24. The van der Waals surface area contributed by atoms with Gasteiger partial charge in [0.05, 0.1) is 16.1 Å². The molecule has 0 fully saturated rings. The van der Waals surface area contributed by atoms with E-state index < -0.39 is 5.92 Å². The van der Waals surface area contributed by atoms with Crippen LogP contribution in [0.4, 0.5) is 5.69 Å². The van der Waals surface area contributed by atoms with Crippen LogP contribution >= 0.6 is 34.8 Å². The van der Waals surface area contributed by atoms with Crippen molar-refractivity contribution in [1.29, 1.82) is 5.26 Å². The van der Waals surface area contributed by atoms with Crippen LogP contribution in [-0.2, 0) is 9.59 Å². The number of benzene rings is 2. The van der Waals surface area contributed by atoms with E-state index in [-0.39, 0.29) is 24.5 Å². The molecule has 0 saturated heterocycles. The van der Waals surface area contributed by atoms with E-state index in [4.69, 9.17) is 34.8 Å². The monoisotopic (exact) mass is 394 g/mol. The highest BCUT2D eigenvalue weighted by Crippen LogP contribution is 2.25. The first-order valence-electron chi connectivity index (χ1n) is 7.33. The Kier molecular flexibility index (Phi) is 6.83. The molecule has 7 heteroatoms. The summed E-state index contributed by atoms with van der Waals surface area (Å²) < 4.78 is 0. The molecule has 0 saturated carbocycles. The first kappa shape index (κ1) is 19.3. The fraction of sp³-hybridized carbons (Fsp3) is 0.167. The number of anilines is 1. The number of Topliss-reactive ketones (excluding diaryl/α,β-unsaturated/α-hetero) is 1. The summed E-state index contributed by atoms with van der Waals surface area (Å²) in [5.41, 5.74) is 1.04. The van der Waals surface area contributed by atoms with E-state index in [1.54, 1.807) is 36.4 Å². The average Bonchev–Trinajstić information content (AvgIpc) is 2.58. The first-order valence-corrected chi connectivity index (χ1v) is 8.47. The number of nitrogens with zero attached hydrogens (tertiary/aromatic N) is 1. The maximum atomic E-state index is 12.2. The fourth-order valence-corrected chi connectivity index (χ4v) is 2.59. The minimum atomic E-state index is -0.921. The molecule has 128 valence electrons. The molecule has 1 atom stereocenters. The summed E-state index contributed by atoms with van der Waals surface area (Å²) in [5.74, 6) is -1.59. The smallest absolute Gasteiger partial charge is 0.224 e. The van der Waals surface area contributed by atoms with Gasteiger partial charge in [0.1, 0.15) is 5.92 Å². The zero-order chi connectivity index (χ0) is 18.4. The van der Waals surface area contributed by atoms with Crippen molar-refractivity contribution >= 4 is 52.2 Å². The zero-order valence-electron chi connectivity index (χ0n) is 12.9. The van der Waals surface area contributed by atoms with E-state index in [0.29, 0.717) is 26.3 Å². The van der Waals surface area contributed by atoms with Crippen molar-refractivity contribution in [2.75, 3.05) is 5.32 Å². The van der Waals surface area contributed by atoms with Gasteiger partial charge < -0.3 is 5.32 Å². The lowest BCUT2D eigenvalue weighted by molar-refractivity contribution is -0.123. The second kappa shape index (κ2) is 8.87. The van der Waals surface area contributed by atoms with Crippen molar-refractivity contribution in [2.24, 2.45) is 0 Å². The third kappa shape index (κ3) is 5.47. The van der Waals surface area contributed by atoms with Crippen molar-refractivity contribution in [3.05, 3.63) is 63.1 Å². The van der Waals surface area contributed by atoms with Crippen LogP contribution < -0.4 is 5.32 Å². The Morgan fingerprint density at radius 2 is 1.68 bits per heavy atom. The molecule has 0 heterocycles. The third-order valence-electron chi connectivity index (χ3n) is 3.46. The summed E-state index contributed by atoms with van der Waals surface area (Å²) in [6.45, 7) is 0. The number of hydrogen-bond donors (Lipinski definition) is 1. The Morgan fingerprint density at radius 1 is 1.00 bits per heavy atom. The van der Waals surface area contributed by atoms with Gasteiger partial charge in [0.15, 0.2) is 5.78 Å². The van der Waals surface area contributed by atoms with E-state index in [2.05, 4.69) is 5.32 Å². The van der Waals surface area contributed by atoms with Crippen molar-refractivity contribution < 1.29 is 9.59 Å². The molecular weight excluding hydrogens is 383 g/mol. The summed E-state index contributed by atoms with van der Waals surface area (Å²) in [6, 6.07) is 13.2. The second-order valence-electron chi connectivity index (χ2n) is 5.26. The molecule has 0 bridgehead atoms. The average molecular weight is 396 g/mol. The molecule has 0 radical (unpaired) electrons. The molecule has 4 nitrogen and oxygen atoms in total. The molecule has 2 rings (SSSR count). The summed E-state index contributed by atoms with van der Waals surface area (Å²) >= 11 is 17.5. The Hall–Kier alpha value is -2.06. The molecule has 0 aliphatic rings. The van der Waals surface area contributed by atoms with Crippen molar-refractivity contribution in [3.8, 4) is 6.07 Å². The summed E-state index contributed by atoms with van der Waals surface area (Å²) in [7, 11) is 0. The van der Waals surface area contributed by atoms with E-state index in [0.717, 1.165) is 0 Å². The normalized spacial score (nSPS) is 11.4. The summed E-state index contributed by atoms with van der Waals surface area (Å²) in [6.07, 6.45) is -0.0845. The molecule has 1 amide bonds. The van der Waals surface area contributed by atoms with Gasteiger partial charge in [0.2, 0.25) is 5.91 Å². The molecule has 2 aromatic carbocycles. The standard InChI is InChI=1S/C18H13Cl3N2O2/c19-12-3-1-11(2-4-12)14(10-22)17(24)7-8-18(25)23-13-5-6-15(20)16(21)9-13/h1-6,9,14H,7-8H2,(H,23,25)/t14-/m0/s1. The SMILES string of the molecule is N#C[C@H](C(=O)CCC(=O)Nc1ccc(Cl)c(Cl)c1)c1ccc(Cl)cc1. The van der Waals surface area contributed by atoms with Gasteiger partial charge in [-0.15, -0.1) is 0 Å². The number of amides is 1. The molecule has 0 spiro atoms. The number of rotatable bonds is 6. The second-order valence-corrected chi connectivity index (χ2v) is 6.51. The molecular formula is C18H13Cl3N2O2. The van der Waals surface area contributed by atoms with Gasteiger partial charge in [-0.3, -0.25) is 9.59 Å². The highest BCUT2D eigenvalue weighted by molar-refractivity contribution is 6.42. The molecule has 0 unspecified atom stereocenters. The largest absolute Gasteiger partial charge is 0.326 e. The highest BCUT2D eigenvalue weighted by Gasteiger charge is 2.20. The molecule has 0 aromatic heterocycles. The lowest BCUT2D eigenvalue weighted by Crippen LogP contribution is -2.16. The molecule has 0 aliphatic heterocycles. The number of hydrogen-bond acceptors (Lipinski definition) is 3. The summed E-state index contributed by atoms with van der Waals surface area (Å²) in [5, 5.41) is 13.1. The number of halogens is 3. The fourth-order valence-electron chi connectivity index (χ4n) is 2.17. The zero-order valence-corrected chi connectivity index (χ0v) is 15.2. The number of carbonyl (C=O) groups is 2. The van der Waals surface area contributed by atoms with Crippen molar-refractivity contribution in [3.63, 3.8) is 0 Å². The quantitative estimate of drug-likeness (QED) is 0.727. The minimum Gasteiger partial charge on any atom is -0.326 e. The third-order valence-corrected chi connectivity index (χ3v) is 4.45. The maximum Gasteiger partial charge on any atom is 0.224 e. The van der Waals surface area contributed by atoms with Crippen molar-refractivity contribution in [2.45, 2.75) is 18.8 Å². The van der Waals surface area contributed by atoms with Crippen LogP contribution in [0.5, 0.6) is 0 Å². The van der Waals surface area contributed by atoms with Crippen LogP contribution in [-0.4, -0.2) is 11.7 Å².